The molecule has 0 saturated carbocycles. The Morgan fingerprint density at radius 2 is 2.61 bits per heavy atom. The highest BCUT2D eigenvalue weighted by atomic mass is 16.5. The first kappa shape index (κ1) is 12.9. The molecule has 8 heteroatoms. The molecule has 0 bridgehead atoms. The number of nitrogens with one attached hydrogen (secondary N) is 1. The van der Waals surface area contributed by atoms with Crippen LogP contribution in [0.2, 0.25) is 0 Å². The van der Waals surface area contributed by atoms with Gasteiger partial charge in [-0.25, -0.2) is 10.5 Å². The summed E-state index contributed by atoms with van der Waals surface area (Å²) in [6.07, 6.45) is 2.59. The fourth-order valence-corrected chi connectivity index (χ4v) is 1.71. The lowest BCUT2D eigenvalue weighted by molar-refractivity contribution is 0.0827. The molecule has 1 aliphatic rings. The number of nitrogens with zero attached hydrogens (tertiary/aromatic N) is 3. The molecule has 100 valence electrons. The lowest BCUT2D eigenvalue weighted by Crippen LogP contribution is -2.30. The van der Waals surface area contributed by atoms with E-state index in [0.29, 0.717) is 25.7 Å². The number of aromatic nitrogens is 3. The molecule has 1 unspecified atom stereocenters. The van der Waals surface area contributed by atoms with Gasteiger partial charge in [0, 0.05) is 12.5 Å². The van der Waals surface area contributed by atoms with E-state index in [2.05, 4.69) is 10.3 Å². The number of hydrogen-bond acceptors (Lipinski definition) is 6. The molecule has 0 aliphatic carbocycles. The largest absolute Gasteiger partial charge is 0.381 e. The van der Waals surface area contributed by atoms with Gasteiger partial charge >= 0.3 is 0 Å². The zero-order valence-corrected chi connectivity index (χ0v) is 10.0. The summed E-state index contributed by atoms with van der Waals surface area (Å²) in [5.41, 5.74) is 2.20. The van der Waals surface area contributed by atoms with E-state index in [1.165, 1.54) is 6.20 Å². The van der Waals surface area contributed by atoms with E-state index in [1.807, 2.05) is 5.43 Å². The third kappa shape index (κ3) is 3.49. The minimum absolute atomic E-state index is 0.196. The lowest BCUT2D eigenvalue weighted by atomic mass is 10.1. The topological polar surface area (TPSA) is 104 Å². The van der Waals surface area contributed by atoms with Gasteiger partial charge in [0.1, 0.15) is 0 Å². The first-order valence-electron chi connectivity index (χ1n) is 5.86. The van der Waals surface area contributed by atoms with Gasteiger partial charge in [-0.3, -0.25) is 10.2 Å². The van der Waals surface area contributed by atoms with Crippen LogP contribution in [0.3, 0.4) is 0 Å². The van der Waals surface area contributed by atoms with Crippen molar-refractivity contribution in [3.05, 3.63) is 11.9 Å². The molecule has 1 atom stereocenters. The highest BCUT2D eigenvalue weighted by Crippen LogP contribution is 2.12. The maximum atomic E-state index is 11.1. The molecule has 8 nitrogen and oxygen atoms in total. The highest BCUT2D eigenvalue weighted by molar-refractivity contribution is 5.91. The molecule has 0 aromatic carbocycles. The van der Waals surface area contributed by atoms with Crippen LogP contribution in [0.4, 0.5) is 0 Å². The summed E-state index contributed by atoms with van der Waals surface area (Å²) >= 11 is 0. The Morgan fingerprint density at radius 3 is 3.33 bits per heavy atom. The number of hydrazine groups is 1. The van der Waals surface area contributed by atoms with Gasteiger partial charge in [0.2, 0.25) is 0 Å². The molecule has 1 aromatic rings. The van der Waals surface area contributed by atoms with Crippen LogP contribution in [0.1, 0.15) is 16.9 Å². The monoisotopic (exact) mass is 255 g/mol. The predicted molar refractivity (Wildman–Crippen MR) is 61.4 cm³/mol. The first-order valence-corrected chi connectivity index (χ1v) is 5.86. The average molecular weight is 255 g/mol. The summed E-state index contributed by atoms with van der Waals surface area (Å²) in [4.78, 5) is 11.1. The van der Waals surface area contributed by atoms with E-state index < -0.39 is 5.91 Å². The Balaban J connectivity index is 1.66. The van der Waals surface area contributed by atoms with Gasteiger partial charge in [-0.15, -0.1) is 5.10 Å². The quantitative estimate of drug-likeness (QED) is 0.290. The standard InChI is InChI=1S/C10H17N5O3/c11-12-10(16)9-5-15(14-13-9)2-4-18-7-8-1-3-17-6-8/h5,8H,1-4,6-7,11H2,(H,12,16). The highest BCUT2D eigenvalue weighted by Gasteiger charge is 2.15. The van der Waals surface area contributed by atoms with Gasteiger partial charge in [0.05, 0.1) is 32.6 Å². The van der Waals surface area contributed by atoms with E-state index >= 15 is 0 Å². The lowest BCUT2D eigenvalue weighted by Gasteiger charge is -2.08. The Morgan fingerprint density at radius 1 is 1.72 bits per heavy atom. The van der Waals surface area contributed by atoms with E-state index in [0.717, 1.165) is 19.6 Å². The van der Waals surface area contributed by atoms with Crippen molar-refractivity contribution in [1.29, 1.82) is 0 Å². The molecule has 3 N–H and O–H groups in total. The number of hydrogen-bond donors (Lipinski definition) is 2. The Bertz CT molecular complexity index is 389. The van der Waals surface area contributed by atoms with E-state index in [4.69, 9.17) is 15.3 Å². The summed E-state index contributed by atoms with van der Waals surface area (Å²) in [7, 11) is 0. The molecule has 1 aliphatic heterocycles. The molecular formula is C10H17N5O3. The van der Waals surface area contributed by atoms with Gasteiger partial charge in [0.15, 0.2) is 5.69 Å². The Labute approximate surface area is 104 Å². The van der Waals surface area contributed by atoms with Gasteiger partial charge in [-0.05, 0) is 6.42 Å². The minimum Gasteiger partial charge on any atom is -0.381 e. The maximum Gasteiger partial charge on any atom is 0.287 e. The molecule has 0 radical (unpaired) electrons. The van der Waals surface area contributed by atoms with Crippen LogP contribution in [0, 0.1) is 5.92 Å². The third-order valence-corrected chi connectivity index (χ3v) is 2.74. The van der Waals surface area contributed by atoms with Gasteiger partial charge in [-0.2, -0.15) is 0 Å². The number of nitrogens with two attached hydrogens (primary N) is 1. The second-order valence-corrected chi connectivity index (χ2v) is 4.14. The van der Waals surface area contributed by atoms with Crippen molar-refractivity contribution in [2.75, 3.05) is 26.4 Å². The first-order chi connectivity index (χ1) is 8.79. The summed E-state index contributed by atoms with van der Waals surface area (Å²) in [6, 6.07) is 0. The number of carbonyl (C=O) groups is 1. The molecule has 2 rings (SSSR count). The molecular weight excluding hydrogens is 238 g/mol. The van der Waals surface area contributed by atoms with Crippen molar-refractivity contribution in [3.63, 3.8) is 0 Å². The molecule has 2 heterocycles. The van der Waals surface area contributed by atoms with Crippen LogP contribution in [0.5, 0.6) is 0 Å². The van der Waals surface area contributed by atoms with Crippen LogP contribution in [-0.2, 0) is 16.0 Å². The van der Waals surface area contributed by atoms with Crippen LogP contribution in [0.25, 0.3) is 0 Å². The zero-order valence-electron chi connectivity index (χ0n) is 10.0. The van der Waals surface area contributed by atoms with Gasteiger partial charge in [0.25, 0.3) is 5.91 Å². The number of amides is 1. The molecule has 18 heavy (non-hydrogen) atoms. The van der Waals surface area contributed by atoms with E-state index in [-0.39, 0.29) is 5.69 Å². The van der Waals surface area contributed by atoms with Crippen molar-refractivity contribution in [3.8, 4) is 0 Å². The maximum absolute atomic E-state index is 11.1. The summed E-state index contributed by atoms with van der Waals surface area (Å²) in [5.74, 6) is 5.04. The number of ether oxygens (including phenoxy) is 2. The number of nitrogen functional groups attached to an aromatic ring is 1. The second kappa shape index (κ2) is 6.43. The fourth-order valence-electron chi connectivity index (χ4n) is 1.71. The summed E-state index contributed by atoms with van der Waals surface area (Å²) < 4.78 is 12.3. The van der Waals surface area contributed by atoms with Crippen LogP contribution in [0.15, 0.2) is 6.20 Å². The second-order valence-electron chi connectivity index (χ2n) is 4.14. The summed E-state index contributed by atoms with van der Waals surface area (Å²) in [5, 5.41) is 7.49. The normalized spacial score (nSPS) is 19.1. The summed E-state index contributed by atoms with van der Waals surface area (Å²) in [6.45, 7) is 3.39. The zero-order chi connectivity index (χ0) is 12.8. The molecule has 1 aromatic heterocycles. The van der Waals surface area contributed by atoms with Crippen molar-refractivity contribution in [2.45, 2.75) is 13.0 Å². The van der Waals surface area contributed by atoms with Crippen LogP contribution < -0.4 is 11.3 Å². The Kier molecular flexibility index (Phi) is 4.62. The number of rotatable bonds is 6. The number of carbonyl (C=O) groups excluding carboxylic acids is 1. The van der Waals surface area contributed by atoms with Gasteiger partial charge in [-0.1, -0.05) is 5.21 Å². The van der Waals surface area contributed by atoms with Crippen molar-refractivity contribution in [1.82, 2.24) is 20.4 Å². The molecule has 1 fully saturated rings. The third-order valence-electron chi connectivity index (χ3n) is 2.74. The van der Waals surface area contributed by atoms with Crippen molar-refractivity contribution < 1.29 is 14.3 Å². The van der Waals surface area contributed by atoms with Crippen LogP contribution >= 0.6 is 0 Å². The van der Waals surface area contributed by atoms with Crippen molar-refractivity contribution >= 4 is 5.91 Å². The van der Waals surface area contributed by atoms with Crippen molar-refractivity contribution in [2.24, 2.45) is 11.8 Å². The average Bonchev–Trinajstić information content (AvgIpc) is 3.05. The minimum atomic E-state index is -0.453. The molecule has 0 spiro atoms. The smallest absolute Gasteiger partial charge is 0.287 e. The predicted octanol–water partition coefficient (Wildman–Crippen LogP) is -1.07. The van der Waals surface area contributed by atoms with E-state index in [1.54, 1.807) is 4.68 Å². The van der Waals surface area contributed by atoms with Crippen LogP contribution in [-0.4, -0.2) is 47.3 Å². The van der Waals surface area contributed by atoms with E-state index in [9.17, 15) is 4.79 Å². The SMILES string of the molecule is NNC(=O)c1cn(CCOCC2CCOC2)nn1. The Hall–Kier alpha value is -1.51. The molecule has 1 saturated heterocycles. The fraction of sp³-hybridized carbons (Fsp3) is 0.700. The molecule has 1 amide bonds. The van der Waals surface area contributed by atoms with Gasteiger partial charge < -0.3 is 9.47 Å².